The molecule has 0 bridgehead atoms. The van der Waals surface area contributed by atoms with Gasteiger partial charge in [-0.15, -0.1) is 0 Å². The van der Waals surface area contributed by atoms with E-state index in [2.05, 4.69) is 0 Å². The van der Waals surface area contributed by atoms with E-state index >= 15 is 0 Å². The third-order valence-electron chi connectivity index (χ3n) is 3.73. The standard InChI is InChI=1S/C13H16ClNO3S/c1-19(17,18)9-6-7-13(15,12(16)8-9)10-4-2-3-5-11(10)14/h2-5,9H,6-8,15H2,1H3. The molecular formula is C13H16ClNO3S. The lowest BCUT2D eigenvalue weighted by atomic mass is 9.76. The molecule has 2 unspecified atom stereocenters. The minimum atomic E-state index is -3.21. The highest BCUT2D eigenvalue weighted by Crippen LogP contribution is 2.37. The molecule has 4 nitrogen and oxygen atoms in total. The lowest BCUT2D eigenvalue weighted by Gasteiger charge is -2.35. The molecule has 0 amide bonds. The van der Waals surface area contributed by atoms with Crippen molar-refractivity contribution >= 4 is 27.2 Å². The highest BCUT2D eigenvalue weighted by Gasteiger charge is 2.44. The van der Waals surface area contributed by atoms with E-state index in [1.165, 1.54) is 0 Å². The van der Waals surface area contributed by atoms with Crippen molar-refractivity contribution < 1.29 is 13.2 Å². The van der Waals surface area contributed by atoms with E-state index in [9.17, 15) is 13.2 Å². The third kappa shape index (κ3) is 2.68. The van der Waals surface area contributed by atoms with Crippen LogP contribution in [0.4, 0.5) is 0 Å². The smallest absolute Gasteiger partial charge is 0.158 e. The first-order valence-electron chi connectivity index (χ1n) is 6.01. The van der Waals surface area contributed by atoms with Crippen molar-refractivity contribution in [1.82, 2.24) is 0 Å². The van der Waals surface area contributed by atoms with Crippen LogP contribution in [-0.4, -0.2) is 25.7 Å². The van der Waals surface area contributed by atoms with Gasteiger partial charge in [0.05, 0.1) is 5.25 Å². The number of benzene rings is 1. The van der Waals surface area contributed by atoms with E-state index < -0.39 is 20.6 Å². The zero-order valence-electron chi connectivity index (χ0n) is 10.6. The Morgan fingerprint density at radius 2 is 2.00 bits per heavy atom. The van der Waals surface area contributed by atoms with Crippen molar-refractivity contribution in [2.45, 2.75) is 30.1 Å². The molecule has 6 heteroatoms. The zero-order valence-corrected chi connectivity index (χ0v) is 12.2. The Balaban J connectivity index is 2.34. The van der Waals surface area contributed by atoms with Crippen LogP contribution in [0.2, 0.25) is 5.02 Å². The molecule has 1 aliphatic rings. The van der Waals surface area contributed by atoms with Crippen LogP contribution >= 0.6 is 11.6 Å². The van der Waals surface area contributed by atoms with Crippen LogP contribution in [0.3, 0.4) is 0 Å². The summed E-state index contributed by atoms with van der Waals surface area (Å²) in [6, 6.07) is 6.94. The van der Waals surface area contributed by atoms with E-state index in [1.807, 2.05) is 0 Å². The van der Waals surface area contributed by atoms with Crippen LogP contribution in [0.15, 0.2) is 24.3 Å². The van der Waals surface area contributed by atoms with E-state index in [0.717, 1.165) is 6.26 Å². The number of carbonyl (C=O) groups excluding carboxylic acids is 1. The molecule has 0 saturated heterocycles. The molecule has 1 aromatic carbocycles. The summed E-state index contributed by atoms with van der Waals surface area (Å²) in [6.07, 6.45) is 1.80. The van der Waals surface area contributed by atoms with Gasteiger partial charge in [0.15, 0.2) is 15.6 Å². The molecule has 1 fully saturated rings. The number of Topliss-reactive ketones (excluding diaryl/α,β-unsaturated/α-hetero) is 1. The fourth-order valence-electron chi connectivity index (χ4n) is 2.49. The third-order valence-corrected chi connectivity index (χ3v) is 5.67. The number of nitrogens with two attached hydrogens (primary N) is 1. The molecule has 0 aliphatic heterocycles. The van der Waals surface area contributed by atoms with Gasteiger partial charge in [0.1, 0.15) is 5.54 Å². The molecule has 0 spiro atoms. The molecule has 19 heavy (non-hydrogen) atoms. The second kappa shape index (κ2) is 4.89. The van der Waals surface area contributed by atoms with Crippen molar-refractivity contribution in [2.75, 3.05) is 6.26 Å². The van der Waals surface area contributed by atoms with E-state index in [-0.39, 0.29) is 12.2 Å². The maximum Gasteiger partial charge on any atom is 0.158 e. The minimum Gasteiger partial charge on any atom is -0.315 e. The molecule has 2 N–H and O–H groups in total. The maximum atomic E-state index is 12.3. The largest absolute Gasteiger partial charge is 0.315 e. The predicted molar refractivity (Wildman–Crippen MR) is 74.8 cm³/mol. The molecule has 2 rings (SSSR count). The van der Waals surface area contributed by atoms with Crippen LogP contribution in [-0.2, 0) is 20.2 Å². The summed E-state index contributed by atoms with van der Waals surface area (Å²) in [7, 11) is -3.21. The molecule has 1 aliphatic carbocycles. The molecule has 0 radical (unpaired) electrons. The summed E-state index contributed by atoms with van der Waals surface area (Å²) in [5.74, 6) is -0.262. The summed E-state index contributed by atoms with van der Waals surface area (Å²) in [6.45, 7) is 0. The number of sulfone groups is 1. The first kappa shape index (κ1) is 14.5. The molecule has 1 saturated carbocycles. The quantitative estimate of drug-likeness (QED) is 0.901. The average molecular weight is 302 g/mol. The number of carbonyl (C=O) groups is 1. The van der Waals surface area contributed by atoms with Gasteiger partial charge in [0.25, 0.3) is 0 Å². The van der Waals surface area contributed by atoms with E-state index in [0.29, 0.717) is 23.4 Å². The van der Waals surface area contributed by atoms with Gasteiger partial charge in [-0.25, -0.2) is 8.42 Å². The summed E-state index contributed by atoms with van der Waals surface area (Å²) < 4.78 is 23.1. The van der Waals surface area contributed by atoms with Crippen molar-refractivity contribution in [3.8, 4) is 0 Å². The van der Waals surface area contributed by atoms with Gasteiger partial charge in [0, 0.05) is 17.7 Å². The zero-order chi connectivity index (χ0) is 14.3. The number of ketones is 1. The second-order valence-corrected chi connectivity index (χ2v) is 7.80. The van der Waals surface area contributed by atoms with E-state index in [4.69, 9.17) is 17.3 Å². The SMILES string of the molecule is CS(=O)(=O)C1CCC(N)(c2ccccc2Cl)C(=O)C1. The lowest BCUT2D eigenvalue weighted by molar-refractivity contribution is -0.126. The van der Waals surface area contributed by atoms with Crippen molar-refractivity contribution in [3.05, 3.63) is 34.9 Å². The van der Waals surface area contributed by atoms with Gasteiger partial charge in [-0.05, 0) is 24.5 Å². The molecular weight excluding hydrogens is 286 g/mol. The Morgan fingerprint density at radius 3 is 2.53 bits per heavy atom. The van der Waals surface area contributed by atoms with Gasteiger partial charge >= 0.3 is 0 Å². The number of hydrogen-bond donors (Lipinski definition) is 1. The summed E-state index contributed by atoms with van der Waals surface area (Å²) in [4.78, 5) is 12.3. The molecule has 2 atom stereocenters. The summed E-state index contributed by atoms with van der Waals surface area (Å²) >= 11 is 6.09. The Kier molecular flexibility index (Phi) is 3.73. The summed E-state index contributed by atoms with van der Waals surface area (Å²) in [5, 5.41) is -0.185. The Morgan fingerprint density at radius 1 is 1.37 bits per heavy atom. The Labute approximate surface area is 117 Å². The second-order valence-electron chi connectivity index (χ2n) is 5.07. The number of rotatable bonds is 2. The minimum absolute atomic E-state index is 0.0411. The first-order chi connectivity index (χ1) is 8.75. The van der Waals surface area contributed by atoms with Crippen molar-refractivity contribution in [1.29, 1.82) is 0 Å². The van der Waals surface area contributed by atoms with Gasteiger partial charge in [-0.3, -0.25) is 4.79 Å². The van der Waals surface area contributed by atoms with Crippen LogP contribution < -0.4 is 5.73 Å². The maximum absolute atomic E-state index is 12.3. The number of halogens is 1. The van der Waals surface area contributed by atoms with Crippen molar-refractivity contribution in [3.63, 3.8) is 0 Å². The topological polar surface area (TPSA) is 77.2 Å². The Hall–Kier alpha value is -0.910. The molecule has 0 heterocycles. The average Bonchev–Trinajstić information content (AvgIpc) is 2.32. The van der Waals surface area contributed by atoms with Crippen LogP contribution in [0, 0.1) is 0 Å². The predicted octanol–water partition coefficient (Wildman–Crippen LogP) is 1.66. The number of hydrogen-bond acceptors (Lipinski definition) is 4. The van der Waals surface area contributed by atoms with Crippen LogP contribution in [0.25, 0.3) is 0 Å². The van der Waals surface area contributed by atoms with Gasteiger partial charge in [0.2, 0.25) is 0 Å². The normalized spacial score (nSPS) is 28.4. The highest BCUT2D eigenvalue weighted by molar-refractivity contribution is 7.91. The monoisotopic (exact) mass is 301 g/mol. The first-order valence-corrected chi connectivity index (χ1v) is 8.34. The summed E-state index contributed by atoms with van der Waals surface area (Å²) in [5.41, 5.74) is 5.61. The Bertz CT molecular complexity index is 614. The van der Waals surface area contributed by atoms with Crippen LogP contribution in [0.5, 0.6) is 0 Å². The highest BCUT2D eigenvalue weighted by atomic mass is 35.5. The fraction of sp³-hybridized carbons (Fsp3) is 0.462. The van der Waals surface area contributed by atoms with E-state index in [1.54, 1.807) is 24.3 Å². The lowest BCUT2D eigenvalue weighted by Crippen LogP contribution is -2.51. The van der Waals surface area contributed by atoms with Gasteiger partial charge in [-0.2, -0.15) is 0 Å². The van der Waals surface area contributed by atoms with Gasteiger partial charge < -0.3 is 5.73 Å². The molecule has 104 valence electrons. The van der Waals surface area contributed by atoms with Crippen molar-refractivity contribution in [2.24, 2.45) is 5.73 Å². The fourth-order valence-corrected chi connectivity index (χ4v) is 3.80. The molecule has 1 aromatic rings. The van der Waals surface area contributed by atoms with Gasteiger partial charge in [-0.1, -0.05) is 29.8 Å². The molecule has 0 aromatic heterocycles. The van der Waals surface area contributed by atoms with Crippen LogP contribution in [0.1, 0.15) is 24.8 Å².